The quantitative estimate of drug-likeness (QED) is 0.782. The molecule has 0 aromatic heterocycles. The van der Waals surface area contributed by atoms with Crippen molar-refractivity contribution in [2.24, 2.45) is 0 Å². The number of nitrogens with one attached hydrogen (secondary N) is 1. The molecule has 108 valence electrons. The number of aliphatic carboxylic acids is 1. The first-order valence-electron chi connectivity index (χ1n) is 6.43. The molecule has 0 radical (unpaired) electrons. The molecule has 0 saturated heterocycles. The lowest BCUT2D eigenvalue weighted by molar-refractivity contribution is -0.139. The number of benzene rings is 2. The van der Waals surface area contributed by atoms with Gasteiger partial charge in [0.2, 0.25) is 0 Å². The number of carboxylic acid groups (broad SMARTS) is 1. The number of aromatic hydroxyl groups is 1. The topological polar surface area (TPSA) is 86.6 Å². The number of carbonyl (C=O) groups is 2. The lowest BCUT2D eigenvalue weighted by Crippen LogP contribution is -2.42. The first-order chi connectivity index (χ1) is 10.1. The maximum absolute atomic E-state index is 12.0. The van der Waals surface area contributed by atoms with Gasteiger partial charge in [-0.1, -0.05) is 30.3 Å². The Hall–Kier alpha value is -2.82. The van der Waals surface area contributed by atoms with E-state index < -0.39 is 17.9 Å². The summed E-state index contributed by atoms with van der Waals surface area (Å²) in [4.78, 5) is 23.3. The highest BCUT2D eigenvalue weighted by Gasteiger charge is 2.21. The molecule has 1 atom stereocenters. The van der Waals surface area contributed by atoms with E-state index in [9.17, 15) is 19.8 Å². The van der Waals surface area contributed by atoms with Gasteiger partial charge in [-0.2, -0.15) is 0 Å². The Bertz CT molecular complexity index is 622. The molecule has 3 N–H and O–H groups in total. The van der Waals surface area contributed by atoms with Crippen LogP contribution in [-0.2, 0) is 11.2 Å². The lowest BCUT2D eigenvalue weighted by Gasteiger charge is -2.14. The third-order valence-electron chi connectivity index (χ3n) is 3.02. The zero-order chi connectivity index (χ0) is 15.2. The molecule has 0 unspecified atom stereocenters. The molecule has 0 heterocycles. The number of rotatable bonds is 5. The summed E-state index contributed by atoms with van der Waals surface area (Å²) in [5.74, 6) is -1.53. The minimum absolute atomic E-state index is 0.0469. The molecule has 0 aliphatic heterocycles. The summed E-state index contributed by atoms with van der Waals surface area (Å²) in [5.41, 5.74) is 1.13. The number of hydrogen-bond donors (Lipinski definition) is 3. The van der Waals surface area contributed by atoms with E-state index in [-0.39, 0.29) is 12.2 Å². The number of phenols is 1. The summed E-state index contributed by atoms with van der Waals surface area (Å²) in [6.07, 6.45) is 0.208. The zero-order valence-electron chi connectivity index (χ0n) is 11.2. The fraction of sp³-hybridized carbons (Fsp3) is 0.125. The molecule has 0 aliphatic carbocycles. The number of amides is 1. The van der Waals surface area contributed by atoms with E-state index >= 15 is 0 Å². The van der Waals surface area contributed by atoms with Gasteiger partial charge in [-0.3, -0.25) is 4.79 Å². The summed E-state index contributed by atoms with van der Waals surface area (Å²) >= 11 is 0. The number of carbonyl (C=O) groups excluding carboxylic acids is 1. The summed E-state index contributed by atoms with van der Waals surface area (Å²) < 4.78 is 0. The lowest BCUT2D eigenvalue weighted by atomic mass is 10.1. The smallest absolute Gasteiger partial charge is 0.326 e. The first kappa shape index (κ1) is 14.6. The van der Waals surface area contributed by atoms with Gasteiger partial charge in [0.25, 0.3) is 5.91 Å². The van der Waals surface area contributed by atoms with Crippen molar-refractivity contribution < 1.29 is 19.8 Å². The average Bonchev–Trinajstić information content (AvgIpc) is 2.48. The van der Waals surface area contributed by atoms with Crippen molar-refractivity contribution in [3.63, 3.8) is 0 Å². The van der Waals surface area contributed by atoms with Crippen LogP contribution in [0.2, 0.25) is 0 Å². The Kier molecular flexibility index (Phi) is 4.56. The Balaban J connectivity index is 2.07. The maximum atomic E-state index is 12.0. The third kappa shape index (κ3) is 4.07. The molecule has 0 bridgehead atoms. The van der Waals surface area contributed by atoms with E-state index in [4.69, 9.17) is 0 Å². The van der Waals surface area contributed by atoms with E-state index in [1.165, 1.54) is 24.3 Å². The molecular formula is C16H15NO4. The molecule has 5 heteroatoms. The fourth-order valence-corrected chi connectivity index (χ4v) is 1.90. The van der Waals surface area contributed by atoms with Crippen LogP contribution in [0.3, 0.4) is 0 Å². The van der Waals surface area contributed by atoms with Gasteiger partial charge in [0.1, 0.15) is 11.8 Å². The van der Waals surface area contributed by atoms with Crippen molar-refractivity contribution >= 4 is 11.9 Å². The summed E-state index contributed by atoms with van der Waals surface area (Å²) in [6, 6.07) is 13.7. The van der Waals surface area contributed by atoms with Crippen LogP contribution in [-0.4, -0.2) is 28.1 Å². The number of hydrogen-bond acceptors (Lipinski definition) is 3. The molecule has 21 heavy (non-hydrogen) atoms. The Morgan fingerprint density at radius 3 is 2.19 bits per heavy atom. The standard InChI is InChI=1S/C16H15NO4/c18-13-8-6-12(7-9-13)15(19)17-14(16(20)21)10-11-4-2-1-3-5-11/h1-9,14,18H,10H2,(H,17,19)(H,20,21)/t14-/m1/s1. The molecule has 2 aromatic carbocycles. The Labute approximate surface area is 121 Å². The summed E-state index contributed by atoms with van der Waals surface area (Å²) in [7, 11) is 0. The minimum atomic E-state index is -1.09. The van der Waals surface area contributed by atoms with Crippen LogP contribution in [0.15, 0.2) is 54.6 Å². The molecule has 2 rings (SSSR count). The van der Waals surface area contributed by atoms with Gasteiger partial charge in [0.05, 0.1) is 0 Å². The maximum Gasteiger partial charge on any atom is 0.326 e. The van der Waals surface area contributed by atoms with Crippen LogP contribution < -0.4 is 5.32 Å². The normalized spacial score (nSPS) is 11.6. The second-order valence-corrected chi connectivity index (χ2v) is 4.60. The van der Waals surface area contributed by atoms with Gasteiger partial charge in [-0.15, -0.1) is 0 Å². The molecule has 0 fully saturated rings. The van der Waals surface area contributed by atoms with E-state index in [1.54, 1.807) is 0 Å². The van der Waals surface area contributed by atoms with Crippen LogP contribution in [0.5, 0.6) is 5.75 Å². The second kappa shape index (κ2) is 6.56. The number of phenolic OH excluding ortho intramolecular Hbond substituents is 1. The van der Waals surface area contributed by atoms with Crippen molar-refractivity contribution in [3.8, 4) is 5.75 Å². The van der Waals surface area contributed by atoms with E-state index in [0.29, 0.717) is 5.56 Å². The van der Waals surface area contributed by atoms with Crippen LogP contribution in [0.1, 0.15) is 15.9 Å². The van der Waals surface area contributed by atoms with Crippen molar-refractivity contribution in [2.75, 3.05) is 0 Å². The van der Waals surface area contributed by atoms with E-state index in [2.05, 4.69) is 5.32 Å². The van der Waals surface area contributed by atoms with Gasteiger partial charge in [0.15, 0.2) is 0 Å². The molecule has 5 nitrogen and oxygen atoms in total. The number of carboxylic acids is 1. The van der Waals surface area contributed by atoms with Gasteiger partial charge in [0, 0.05) is 12.0 Å². The molecule has 0 aliphatic rings. The average molecular weight is 285 g/mol. The van der Waals surface area contributed by atoms with Gasteiger partial charge < -0.3 is 15.5 Å². The van der Waals surface area contributed by atoms with Gasteiger partial charge >= 0.3 is 5.97 Å². The summed E-state index contributed by atoms with van der Waals surface area (Å²) in [5, 5.41) is 20.9. The van der Waals surface area contributed by atoms with Crippen LogP contribution in [0.4, 0.5) is 0 Å². The monoisotopic (exact) mass is 285 g/mol. The highest BCUT2D eigenvalue weighted by atomic mass is 16.4. The van der Waals surface area contributed by atoms with Gasteiger partial charge in [-0.25, -0.2) is 4.79 Å². The molecular weight excluding hydrogens is 270 g/mol. The first-order valence-corrected chi connectivity index (χ1v) is 6.43. The highest BCUT2D eigenvalue weighted by Crippen LogP contribution is 2.10. The van der Waals surface area contributed by atoms with Crippen molar-refractivity contribution in [1.29, 1.82) is 0 Å². The van der Waals surface area contributed by atoms with Crippen LogP contribution in [0, 0.1) is 0 Å². The van der Waals surface area contributed by atoms with Crippen molar-refractivity contribution in [1.82, 2.24) is 5.32 Å². The summed E-state index contributed by atoms with van der Waals surface area (Å²) in [6.45, 7) is 0. The predicted molar refractivity (Wildman–Crippen MR) is 77.1 cm³/mol. The van der Waals surface area contributed by atoms with E-state index in [0.717, 1.165) is 5.56 Å². The fourth-order valence-electron chi connectivity index (χ4n) is 1.90. The van der Waals surface area contributed by atoms with Crippen molar-refractivity contribution in [2.45, 2.75) is 12.5 Å². The SMILES string of the molecule is O=C(N[C@H](Cc1ccccc1)C(=O)O)c1ccc(O)cc1. The molecule has 0 saturated carbocycles. The Morgan fingerprint density at radius 2 is 1.62 bits per heavy atom. The Morgan fingerprint density at radius 1 is 1.00 bits per heavy atom. The predicted octanol–water partition coefficient (Wildman–Crippen LogP) is 1.82. The molecule has 1 amide bonds. The highest BCUT2D eigenvalue weighted by molar-refractivity contribution is 5.96. The molecule has 0 spiro atoms. The largest absolute Gasteiger partial charge is 0.508 e. The minimum Gasteiger partial charge on any atom is -0.508 e. The molecule has 2 aromatic rings. The van der Waals surface area contributed by atoms with Crippen LogP contribution >= 0.6 is 0 Å². The van der Waals surface area contributed by atoms with Crippen LogP contribution in [0.25, 0.3) is 0 Å². The second-order valence-electron chi connectivity index (χ2n) is 4.60. The zero-order valence-corrected chi connectivity index (χ0v) is 11.2. The van der Waals surface area contributed by atoms with Crippen molar-refractivity contribution in [3.05, 3.63) is 65.7 Å². The third-order valence-corrected chi connectivity index (χ3v) is 3.02. The van der Waals surface area contributed by atoms with Gasteiger partial charge in [-0.05, 0) is 29.8 Å². The van der Waals surface area contributed by atoms with E-state index in [1.807, 2.05) is 30.3 Å².